The monoisotopic (exact) mass is 243 g/mol. The number of hydrogen-bond donors (Lipinski definition) is 1. The fourth-order valence-corrected chi connectivity index (χ4v) is 3.77. The third-order valence-corrected chi connectivity index (χ3v) is 4.67. The van der Waals surface area contributed by atoms with E-state index in [1.165, 1.54) is 25.7 Å². The number of hydrogen-bond acceptors (Lipinski definition) is 4. The summed E-state index contributed by atoms with van der Waals surface area (Å²) in [6.45, 7) is 0. The molecule has 2 aromatic heterocycles. The van der Waals surface area contributed by atoms with Gasteiger partial charge in [-0.05, 0) is 31.1 Å². The van der Waals surface area contributed by atoms with Crippen LogP contribution < -0.4 is 5.73 Å². The van der Waals surface area contributed by atoms with Gasteiger partial charge in [0.25, 0.3) is 0 Å². The van der Waals surface area contributed by atoms with E-state index in [-0.39, 0.29) is 0 Å². The van der Waals surface area contributed by atoms with E-state index in [0.717, 1.165) is 28.8 Å². The molecule has 2 bridgehead atoms. The normalized spacial score (nSPS) is 30.4. The van der Waals surface area contributed by atoms with Crippen molar-refractivity contribution in [3.8, 4) is 0 Å². The zero-order valence-electron chi connectivity index (χ0n) is 10.5. The molecule has 94 valence electrons. The fourth-order valence-electron chi connectivity index (χ4n) is 3.77. The molecule has 5 nitrogen and oxygen atoms in total. The molecule has 2 saturated carbocycles. The SMILES string of the molecule is Cn1cnc2c(N)nc([C@H]3C[C@H]4CC[C@@H]3C4)nc21. The lowest BCUT2D eigenvalue weighted by atomic mass is 9.88. The molecule has 2 fully saturated rings. The Bertz CT molecular complexity index is 617. The highest BCUT2D eigenvalue weighted by Gasteiger charge is 2.41. The number of imidazole rings is 1. The molecule has 0 saturated heterocycles. The minimum Gasteiger partial charge on any atom is -0.382 e. The number of nitrogens with two attached hydrogens (primary N) is 1. The minimum atomic E-state index is 0.519. The summed E-state index contributed by atoms with van der Waals surface area (Å²) >= 11 is 0. The van der Waals surface area contributed by atoms with Crippen LogP contribution in [0.2, 0.25) is 0 Å². The summed E-state index contributed by atoms with van der Waals surface area (Å²) in [5.41, 5.74) is 7.60. The third-order valence-electron chi connectivity index (χ3n) is 4.67. The van der Waals surface area contributed by atoms with Crippen molar-refractivity contribution in [1.29, 1.82) is 0 Å². The first-order valence-corrected chi connectivity index (χ1v) is 6.67. The van der Waals surface area contributed by atoms with Gasteiger partial charge in [0.15, 0.2) is 11.5 Å². The lowest BCUT2D eigenvalue weighted by Crippen LogP contribution is -2.13. The standard InChI is InChI=1S/C13H17N5/c1-18-6-15-10-11(14)16-12(17-13(10)18)9-5-7-2-3-8(9)4-7/h6-9H,2-5H2,1H3,(H2,14,16,17)/t7-,8+,9-/m0/s1. The first-order chi connectivity index (χ1) is 8.72. The Labute approximate surface area is 105 Å². The number of rotatable bonds is 1. The van der Waals surface area contributed by atoms with Gasteiger partial charge < -0.3 is 10.3 Å². The summed E-state index contributed by atoms with van der Waals surface area (Å²) in [6.07, 6.45) is 7.08. The molecule has 2 heterocycles. The first kappa shape index (κ1) is 10.3. The highest BCUT2D eigenvalue weighted by Crippen LogP contribution is 2.52. The molecule has 5 heteroatoms. The summed E-state index contributed by atoms with van der Waals surface area (Å²) in [7, 11) is 1.95. The predicted octanol–water partition coefficient (Wildman–Crippen LogP) is 1.85. The molecule has 0 spiro atoms. The number of nitrogens with zero attached hydrogens (tertiary/aromatic N) is 4. The maximum atomic E-state index is 6.01. The first-order valence-electron chi connectivity index (χ1n) is 6.67. The van der Waals surface area contributed by atoms with Crippen molar-refractivity contribution in [2.45, 2.75) is 31.6 Å². The van der Waals surface area contributed by atoms with E-state index in [1.807, 2.05) is 11.6 Å². The number of aryl methyl sites for hydroxylation is 1. The molecule has 4 rings (SSSR count). The molecular weight excluding hydrogens is 226 g/mol. The van der Waals surface area contributed by atoms with Crippen molar-refractivity contribution in [1.82, 2.24) is 19.5 Å². The second-order valence-electron chi connectivity index (χ2n) is 5.78. The van der Waals surface area contributed by atoms with Gasteiger partial charge in [-0.15, -0.1) is 0 Å². The molecule has 0 unspecified atom stereocenters. The zero-order chi connectivity index (χ0) is 12.3. The largest absolute Gasteiger partial charge is 0.382 e. The summed E-state index contributed by atoms with van der Waals surface area (Å²) in [4.78, 5) is 13.5. The van der Waals surface area contributed by atoms with Crippen LogP contribution in [-0.2, 0) is 7.05 Å². The summed E-state index contributed by atoms with van der Waals surface area (Å²) in [5, 5.41) is 0. The molecule has 0 radical (unpaired) electrons. The van der Waals surface area contributed by atoms with Gasteiger partial charge in [-0.2, -0.15) is 0 Å². The average molecular weight is 243 g/mol. The summed E-state index contributed by atoms with van der Waals surface area (Å²) in [6, 6.07) is 0. The van der Waals surface area contributed by atoms with E-state index in [9.17, 15) is 0 Å². The number of anilines is 1. The Morgan fingerprint density at radius 1 is 1.28 bits per heavy atom. The molecule has 2 aromatic rings. The lowest BCUT2D eigenvalue weighted by molar-refractivity contribution is 0.406. The Morgan fingerprint density at radius 2 is 2.17 bits per heavy atom. The maximum Gasteiger partial charge on any atom is 0.165 e. The van der Waals surface area contributed by atoms with E-state index in [1.54, 1.807) is 6.33 Å². The third kappa shape index (κ3) is 1.30. The number of aromatic nitrogens is 4. The topological polar surface area (TPSA) is 69.6 Å². The number of nitrogen functional groups attached to an aromatic ring is 1. The second-order valence-corrected chi connectivity index (χ2v) is 5.78. The average Bonchev–Trinajstić information content (AvgIpc) is 3.05. The van der Waals surface area contributed by atoms with Crippen molar-refractivity contribution in [2.24, 2.45) is 18.9 Å². The van der Waals surface area contributed by atoms with Gasteiger partial charge in [0.05, 0.1) is 6.33 Å². The fraction of sp³-hybridized carbons (Fsp3) is 0.615. The minimum absolute atomic E-state index is 0.519. The van der Waals surface area contributed by atoms with Crippen LogP contribution in [0.15, 0.2) is 6.33 Å². The van der Waals surface area contributed by atoms with Crippen LogP contribution in [0.3, 0.4) is 0 Å². The van der Waals surface area contributed by atoms with E-state index >= 15 is 0 Å². The van der Waals surface area contributed by atoms with Gasteiger partial charge in [-0.3, -0.25) is 0 Å². The van der Waals surface area contributed by atoms with Crippen LogP contribution in [0.5, 0.6) is 0 Å². The summed E-state index contributed by atoms with van der Waals surface area (Å²) in [5.74, 6) is 3.66. The molecule has 2 N–H and O–H groups in total. The van der Waals surface area contributed by atoms with Crippen LogP contribution >= 0.6 is 0 Å². The van der Waals surface area contributed by atoms with Crippen LogP contribution in [0, 0.1) is 11.8 Å². The molecule has 2 aliphatic rings. The Balaban J connectivity index is 1.83. The van der Waals surface area contributed by atoms with Gasteiger partial charge >= 0.3 is 0 Å². The number of fused-ring (bicyclic) bond motifs is 3. The van der Waals surface area contributed by atoms with Gasteiger partial charge in [0.1, 0.15) is 11.3 Å². The predicted molar refractivity (Wildman–Crippen MR) is 68.9 cm³/mol. The second kappa shape index (κ2) is 3.43. The quantitative estimate of drug-likeness (QED) is 0.829. The smallest absolute Gasteiger partial charge is 0.165 e. The van der Waals surface area contributed by atoms with E-state index in [0.29, 0.717) is 11.7 Å². The lowest BCUT2D eigenvalue weighted by Gasteiger charge is -2.20. The van der Waals surface area contributed by atoms with E-state index < -0.39 is 0 Å². The van der Waals surface area contributed by atoms with Crippen LogP contribution in [0.25, 0.3) is 11.2 Å². The highest BCUT2D eigenvalue weighted by atomic mass is 15.1. The van der Waals surface area contributed by atoms with Crippen molar-refractivity contribution in [3.05, 3.63) is 12.2 Å². The Kier molecular flexibility index (Phi) is 1.96. The van der Waals surface area contributed by atoms with Crippen molar-refractivity contribution >= 4 is 17.0 Å². The zero-order valence-corrected chi connectivity index (χ0v) is 10.5. The molecule has 18 heavy (non-hydrogen) atoms. The Hall–Kier alpha value is -1.65. The Morgan fingerprint density at radius 3 is 2.89 bits per heavy atom. The van der Waals surface area contributed by atoms with E-state index in [4.69, 9.17) is 10.7 Å². The van der Waals surface area contributed by atoms with Gasteiger partial charge in [0, 0.05) is 13.0 Å². The van der Waals surface area contributed by atoms with Crippen molar-refractivity contribution in [2.75, 3.05) is 5.73 Å². The maximum absolute atomic E-state index is 6.01. The summed E-state index contributed by atoms with van der Waals surface area (Å²) < 4.78 is 1.92. The van der Waals surface area contributed by atoms with Crippen molar-refractivity contribution in [3.63, 3.8) is 0 Å². The van der Waals surface area contributed by atoms with Gasteiger partial charge in [-0.25, -0.2) is 15.0 Å². The molecular formula is C13H17N5. The van der Waals surface area contributed by atoms with Crippen molar-refractivity contribution < 1.29 is 0 Å². The van der Waals surface area contributed by atoms with Crippen LogP contribution in [-0.4, -0.2) is 19.5 Å². The molecule has 0 aliphatic heterocycles. The van der Waals surface area contributed by atoms with Gasteiger partial charge in [-0.1, -0.05) is 6.42 Å². The molecule has 0 amide bonds. The molecule has 0 aromatic carbocycles. The van der Waals surface area contributed by atoms with E-state index in [2.05, 4.69) is 9.97 Å². The van der Waals surface area contributed by atoms with Crippen LogP contribution in [0.1, 0.15) is 37.4 Å². The molecule has 2 aliphatic carbocycles. The van der Waals surface area contributed by atoms with Crippen LogP contribution in [0.4, 0.5) is 5.82 Å². The van der Waals surface area contributed by atoms with Gasteiger partial charge in [0.2, 0.25) is 0 Å². The highest BCUT2D eigenvalue weighted by molar-refractivity contribution is 5.81. The molecule has 3 atom stereocenters.